The number of amides is 4. The summed E-state index contributed by atoms with van der Waals surface area (Å²) in [4.78, 5) is 38.8. The number of nitrogens with zero attached hydrogens (tertiary/aromatic N) is 1. The Morgan fingerprint density at radius 3 is 2.64 bits per heavy atom. The molecular formula is C21H34N4O3. The number of imide groups is 1. The summed E-state index contributed by atoms with van der Waals surface area (Å²) in [6.07, 6.45) is 7.24. The molecule has 2 heterocycles. The van der Waals surface area contributed by atoms with Crippen molar-refractivity contribution in [2.75, 3.05) is 26.2 Å². The van der Waals surface area contributed by atoms with Crippen molar-refractivity contribution in [3.05, 3.63) is 11.6 Å². The molecule has 2 aliphatic heterocycles. The number of nitrogens with one attached hydrogen (secondary N) is 3. The van der Waals surface area contributed by atoms with Gasteiger partial charge in [-0.15, -0.1) is 0 Å². The van der Waals surface area contributed by atoms with Gasteiger partial charge in [0, 0.05) is 13.1 Å². The highest BCUT2D eigenvalue weighted by Gasteiger charge is 2.53. The standard InChI is InChI=1S/C21H34N4O3/c1-4-20(2,3)16-5-9-21(10-6-16)18(27)25(19(28)24-21)14-17(26)23-13-15-7-11-22-12-8-15/h7,16,22H,4-6,8-14H2,1-3H3,(H,23,26)(H,24,28). The van der Waals surface area contributed by atoms with Gasteiger partial charge in [-0.1, -0.05) is 38.8 Å². The van der Waals surface area contributed by atoms with Gasteiger partial charge >= 0.3 is 6.03 Å². The fraction of sp³-hybridized carbons (Fsp3) is 0.762. The van der Waals surface area contributed by atoms with Crippen molar-refractivity contribution >= 4 is 17.8 Å². The Morgan fingerprint density at radius 2 is 2.04 bits per heavy atom. The number of rotatable bonds is 6. The third kappa shape index (κ3) is 4.24. The van der Waals surface area contributed by atoms with Crippen molar-refractivity contribution in [2.45, 2.75) is 64.8 Å². The van der Waals surface area contributed by atoms with Crippen molar-refractivity contribution in [2.24, 2.45) is 11.3 Å². The Labute approximate surface area is 167 Å². The minimum absolute atomic E-state index is 0.207. The molecule has 28 heavy (non-hydrogen) atoms. The lowest BCUT2D eigenvalue weighted by Crippen LogP contribution is -2.51. The van der Waals surface area contributed by atoms with Crippen molar-refractivity contribution in [1.82, 2.24) is 20.9 Å². The normalized spacial score (nSPS) is 28.3. The third-order valence-corrected chi connectivity index (χ3v) is 7.07. The van der Waals surface area contributed by atoms with Crippen LogP contribution in [0.5, 0.6) is 0 Å². The third-order valence-electron chi connectivity index (χ3n) is 7.07. The van der Waals surface area contributed by atoms with E-state index < -0.39 is 11.6 Å². The van der Waals surface area contributed by atoms with Crippen molar-refractivity contribution in [3.63, 3.8) is 0 Å². The molecule has 0 atom stereocenters. The Balaban J connectivity index is 1.55. The van der Waals surface area contributed by atoms with Crippen LogP contribution >= 0.6 is 0 Å². The summed E-state index contributed by atoms with van der Waals surface area (Å²) in [6, 6.07) is -0.436. The van der Waals surface area contributed by atoms with Crippen LogP contribution in [0.25, 0.3) is 0 Å². The van der Waals surface area contributed by atoms with Gasteiger partial charge in [-0.25, -0.2) is 4.79 Å². The van der Waals surface area contributed by atoms with E-state index in [2.05, 4.69) is 42.8 Å². The first-order valence-corrected chi connectivity index (χ1v) is 10.6. The van der Waals surface area contributed by atoms with Gasteiger partial charge in [0.05, 0.1) is 0 Å². The number of carbonyl (C=O) groups excluding carboxylic acids is 3. The zero-order valence-electron chi connectivity index (χ0n) is 17.4. The largest absolute Gasteiger partial charge is 0.351 e. The summed E-state index contributed by atoms with van der Waals surface area (Å²) in [5.74, 6) is 0.0331. The molecule has 156 valence electrons. The molecule has 7 nitrogen and oxygen atoms in total. The quantitative estimate of drug-likeness (QED) is 0.478. The number of carbonyl (C=O) groups is 3. The number of urea groups is 1. The highest BCUT2D eigenvalue weighted by atomic mass is 16.2. The molecule has 0 aromatic heterocycles. The molecule has 3 N–H and O–H groups in total. The minimum atomic E-state index is -0.810. The highest BCUT2D eigenvalue weighted by Crippen LogP contribution is 2.45. The summed E-state index contributed by atoms with van der Waals surface area (Å²) in [5.41, 5.74) is 0.614. The summed E-state index contributed by atoms with van der Waals surface area (Å²) in [5, 5.41) is 8.97. The van der Waals surface area contributed by atoms with Crippen LogP contribution < -0.4 is 16.0 Å². The van der Waals surface area contributed by atoms with Gasteiger partial charge in [-0.3, -0.25) is 14.5 Å². The lowest BCUT2D eigenvalue weighted by atomic mass is 9.65. The van der Waals surface area contributed by atoms with Crippen molar-refractivity contribution < 1.29 is 14.4 Å². The summed E-state index contributed by atoms with van der Waals surface area (Å²) in [7, 11) is 0. The van der Waals surface area contributed by atoms with Crippen LogP contribution in [-0.4, -0.2) is 54.5 Å². The molecular weight excluding hydrogens is 356 g/mol. The Kier molecular flexibility index (Phi) is 6.12. The van der Waals surface area contributed by atoms with Gasteiger partial charge in [0.2, 0.25) is 5.91 Å². The fourth-order valence-electron chi connectivity index (χ4n) is 4.58. The van der Waals surface area contributed by atoms with Crippen LogP contribution in [0.1, 0.15) is 59.3 Å². The van der Waals surface area contributed by atoms with E-state index in [1.165, 1.54) is 5.57 Å². The lowest BCUT2D eigenvalue weighted by molar-refractivity contribution is -0.136. The molecule has 0 aromatic carbocycles. The molecule has 0 radical (unpaired) electrons. The van der Waals surface area contributed by atoms with Gasteiger partial charge < -0.3 is 16.0 Å². The van der Waals surface area contributed by atoms with Gasteiger partial charge in [-0.2, -0.15) is 0 Å². The van der Waals surface area contributed by atoms with Crippen molar-refractivity contribution in [3.8, 4) is 0 Å². The molecule has 3 aliphatic rings. The van der Waals surface area contributed by atoms with Crippen LogP contribution in [0.4, 0.5) is 4.79 Å². The summed E-state index contributed by atoms with van der Waals surface area (Å²) < 4.78 is 0. The van der Waals surface area contributed by atoms with Gasteiger partial charge in [0.15, 0.2) is 0 Å². The molecule has 1 spiro atoms. The summed E-state index contributed by atoms with van der Waals surface area (Å²) >= 11 is 0. The molecule has 0 unspecified atom stereocenters. The first-order valence-electron chi connectivity index (χ1n) is 10.6. The maximum atomic E-state index is 13.0. The predicted molar refractivity (Wildman–Crippen MR) is 108 cm³/mol. The van der Waals surface area contributed by atoms with Crippen LogP contribution in [0, 0.1) is 11.3 Å². The molecule has 1 saturated carbocycles. The zero-order valence-corrected chi connectivity index (χ0v) is 17.4. The second-order valence-electron chi connectivity index (χ2n) is 9.11. The first-order chi connectivity index (χ1) is 13.3. The molecule has 3 rings (SSSR count). The van der Waals surface area contributed by atoms with E-state index in [9.17, 15) is 14.4 Å². The smallest absolute Gasteiger partial charge is 0.325 e. The molecule has 1 aliphatic carbocycles. The Morgan fingerprint density at radius 1 is 1.32 bits per heavy atom. The molecule has 1 saturated heterocycles. The Hall–Kier alpha value is -1.89. The predicted octanol–water partition coefficient (Wildman–Crippen LogP) is 1.94. The average Bonchev–Trinajstić information content (AvgIpc) is 2.91. The second-order valence-corrected chi connectivity index (χ2v) is 9.11. The van der Waals surface area contributed by atoms with Gasteiger partial charge in [0.25, 0.3) is 5.91 Å². The van der Waals surface area contributed by atoms with Crippen LogP contribution in [0.15, 0.2) is 11.6 Å². The van der Waals surface area contributed by atoms with E-state index in [1.807, 2.05) is 0 Å². The van der Waals surface area contributed by atoms with Gasteiger partial charge in [-0.05, 0) is 50.0 Å². The molecule has 0 aromatic rings. The van der Waals surface area contributed by atoms with Crippen LogP contribution in [0.3, 0.4) is 0 Å². The lowest BCUT2D eigenvalue weighted by Gasteiger charge is -2.42. The van der Waals surface area contributed by atoms with E-state index >= 15 is 0 Å². The minimum Gasteiger partial charge on any atom is -0.351 e. The fourth-order valence-corrected chi connectivity index (χ4v) is 4.58. The number of hydrogen-bond donors (Lipinski definition) is 3. The van der Waals surface area contributed by atoms with Gasteiger partial charge in [0.1, 0.15) is 12.1 Å². The maximum absolute atomic E-state index is 13.0. The Bertz CT molecular complexity index is 663. The van der Waals surface area contributed by atoms with E-state index in [0.29, 0.717) is 25.3 Å². The first kappa shape index (κ1) is 20.8. The SMILES string of the molecule is CCC(C)(C)C1CCC2(CC1)NC(=O)N(CC(=O)NCC1=CCNCC1)C2=O. The summed E-state index contributed by atoms with van der Waals surface area (Å²) in [6.45, 7) is 8.75. The van der Waals surface area contributed by atoms with Crippen molar-refractivity contribution in [1.29, 1.82) is 0 Å². The monoisotopic (exact) mass is 390 g/mol. The molecule has 0 bridgehead atoms. The van der Waals surface area contributed by atoms with E-state index in [1.54, 1.807) is 0 Å². The zero-order chi connectivity index (χ0) is 20.4. The maximum Gasteiger partial charge on any atom is 0.325 e. The topological polar surface area (TPSA) is 90.5 Å². The molecule has 7 heteroatoms. The van der Waals surface area contributed by atoms with E-state index in [-0.39, 0.29) is 23.8 Å². The molecule has 2 fully saturated rings. The average molecular weight is 391 g/mol. The van der Waals surface area contributed by atoms with E-state index in [0.717, 1.165) is 43.7 Å². The number of hydrogen-bond acceptors (Lipinski definition) is 4. The highest BCUT2D eigenvalue weighted by molar-refractivity contribution is 6.09. The van der Waals surface area contributed by atoms with E-state index in [4.69, 9.17) is 0 Å². The second kappa shape index (κ2) is 8.23. The van der Waals surface area contributed by atoms with Crippen LogP contribution in [-0.2, 0) is 9.59 Å². The molecule has 4 amide bonds. The van der Waals surface area contributed by atoms with Crippen LogP contribution in [0.2, 0.25) is 0 Å².